The Morgan fingerprint density at radius 3 is 2.79 bits per heavy atom. The van der Waals surface area contributed by atoms with E-state index in [0.717, 1.165) is 5.75 Å². The van der Waals surface area contributed by atoms with Crippen LogP contribution in [0, 0.1) is 5.92 Å². The molecule has 9 heteroatoms. The summed E-state index contributed by atoms with van der Waals surface area (Å²) in [5.41, 5.74) is 2.28. The standard InChI is InChI=1S/C10H17ClN4O2S2/c1-7(6-18-2)4-14-19(16,17)8-3-9(11)10(15-12)13-5-8/h3,5,7,14H,4,6,12H2,1-2H3,(H,13,15). The van der Waals surface area contributed by atoms with Crippen LogP contribution in [-0.4, -0.2) is 32.0 Å². The summed E-state index contributed by atoms with van der Waals surface area (Å²) in [5, 5.41) is 0.155. The molecule has 4 N–H and O–H groups in total. The lowest BCUT2D eigenvalue weighted by molar-refractivity contribution is 0.562. The molecule has 0 bridgehead atoms. The van der Waals surface area contributed by atoms with Gasteiger partial charge in [0, 0.05) is 12.7 Å². The summed E-state index contributed by atoms with van der Waals surface area (Å²) < 4.78 is 26.6. The minimum atomic E-state index is -3.60. The molecule has 0 saturated heterocycles. The maximum atomic E-state index is 12.0. The third kappa shape index (κ3) is 4.81. The number of nitrogens with zero attached hydrogens (tertiary/aromatic N) is 1. The molecule has 0 saturated carbocycles. The second kappa shape index (κ2) is 7.30. The second-order valence-corrected chi connectivity index (χ2v) is 7.14. The fourth-order valence-corrected chi connectivity index (χ4v) is 3.46. The number of hydrazine groups is 1. The number of hydrogen-bond donors (Lipinski definition) is 3. The first-order valence-corrected chi connectivity index (χ1v) is 8.77. The van der Waals surface area contributed by atoms with Gasteiger partial charge >= 0.3 is 0 Å². The van der Waals surface area contributed by atoms with E-state index in [9.17, 15) is 8.42 Å². The van der Waals surface area contributed by atoms with Crippen LogP contribution in [0.4, 0.5) is 5.82 Å². The number of aromatic nitrogens is 1. The fraction of sp³-hybridized carbons (Fsp3) is 0.500. The van der Waals surface area contributed by atoms with Gasteiger partial charge in [0.05, 0.1) is 5.02 Å². The van der Waals surface area contributed by atoms with Crippen LogP contribution >= 0.6 is 23.4 Å². The zero-order chi connectivity index (χ0) is 14.5. The molecule has 108 valence electrons. The molecule has 0 aliphatic rings. The molecule has 1 aromatic rings. The van der Waals surface area contributed by atoms with Gasteiger partial charge in [-0.05, 0) is 24.0 Å². The fourth-order valence-electron chi connectivity index (χ4n) is 1.35. The third-order valence-corrected chi connectivity index (χ3v) is 4.92. The maximum absolute atomic E-state index is 12.0. The number of nitrogens with two attached hydrogens (primary N) is 1. The van der Waals surface area contributed by atoms with Gasteiger partial charge in [0.15, 0.2) is 5.82 Å². The highest BCUT2D eigenvalue weighted by Crippen LogP contribution is 2.21. The molecule has 1 rings (SSSR count). The van der Waals surface area contributed by atoms with Crippen molar-refractivity contribution in [3.63, 3.8) is 0 Å². The molecule has 0 spiro atoms. The van der Waals surface area contributed by atoms with Crippen molar-refractivity contribution < 1.29 is 8.42 Å². The van der Waals surface area contributed by atoms with Gasteiger partial charge in [-0.25, -0.2) is 24.0 Å². The number of nitrogen functional groups attached to an aromatic ring is 1. The second-order valence-electron chi connectivity index (χ2n) is 4.06. The molecule has 0 aliphatic carbocycles. The lowest BCUT2D eigenvalue weighted by Gasteiger charge is -2.12. The first-order valence-electron chi connectivity index (χ1n) is 5.51. The zero-order valence-corrected chi connectivity index (χ0v) is 13.1. The van der Waals surface area contributed by atoms with Crippen molar-refractivity contribution in [3.05, 3.63) is 17.3 Å². The van der Waals surface area contributed by atoms with Crippen molar-refractivity contribution in [2.75, 3.05) is 24.0 Å². The number of pyridine rings is 1. The van der Waals surface area contributed by atoms with Crippen LogP contribution in [0.5, 0.6) is 0 Å². The smallest absolute Gasteiger partial charge is 0.242 e. The SMILES string of the molecule is CSCC(C)CNS(=O)(=O)c1cnc(NN)c(Cl)c1. The van der Waals surface area contributed by atoms with Gasteiger partial charge in [0.2, 0.25) is 10.0 Å². The van der Waals surface area contributed by atoms with E-state index in [2.05, 4.69) is 15.1 Å². The normalized spacial score (nSPS) is 13.3. The van der Waals surface area contributed by atoms with Crippen LogP contribution in [0.3, 0.4) is 0 Å². The van der Waals surface area contributed by atoms with E-state index in [4.69, 9.17) is 17.4 Å². The largest absolute Gasteiger partial charge is 0.307 e. The lowest BCUT2D eigenvalue weighted by atomic mass is 10.2. The van der Waals surface area contributed by atoms with Gasteiger partial charge in [-0.3, -0.25) is 0 Å². The number of anilines is 1. The number of hydrogen-bond acceptors (Lipinski definition) is 6. The third-order valence-electron chi connectivity index (χ3n) is 2.34. The number of thioether (sulfide) groups is 1. The summed E-state index contributed by atoms with van der Waals surface area (Å²) in [6, 6.07) is 1.31. The van der Waals surface area contributed by atoms with Crippen molar-refractivity contribution >= 4 is 39.2 Å². The average molecular weight is 325 g/mol. The van der Waals surface area contributed by atoms with E-state index in [-0.39, 0.29) is 21.7 Å². The molecule has 0 aliphatic heterocycles. The quantitative estimate of drug-likeness (QED) is 0.516. The maximum Gasteiger partial charge on any atom is 0.242 e. The molecule has 6 nitrogen and oxygen atoms in total. The van der Waals surface area contributed by atoms with Crippen LogP contribution in [-0.2, 0) is 10.0 Å². The number of nitrogens with one attached hydrogen (secondary N) is 2. The predicted molar refractivity (Wildman–Crippen MR) is 79.8 cm³/mol. The molecule has 1 atom stereocenters. The molecule has 1 aromatic heterocycles. The molecule has 0 radical (unpaired) electrons. The summed E-state index contributed by atoms with van der Waals surface area (Å²) in [7, 11) is -3.60. The summed E-state index contributed by atoms with van der Waals surface area (Å²) >= 11 is 7.52. The van der Waals surface area contributed by atoms with Gasteiger partial charge in [-0.1, -0.05) is 18.5 Å². The monoisotopic (exact) mass is 324 g/mol. The van der Waals surface area contributed by atoms with E-state index in [0.29, 0.717) is 6.54 Å². The molecule has 0 amide bonds. The van der Waals surface area contributed by atoms with Crippen molar-refractivity contribution in [1.82, 2.24) is 9.71 Å². The Kier molecular flexibility index (Phi) is 6.34. The molecule has 0 aromatic carbocycles. The van der Waals surface area contributed by atoms with E-state index < -0.39 is 10.0 Å². The number of rotatable bonds is 7. The van der Waals surface area contributed by atoms with Crippen LogP contribution < -0.4 is 16.0 Å². The zero-order valence-electron chi connectivity index (χ0n) is 10.7. The number of sulfonamides is 1. The van der Waals surface area contributed by atoms with Gasteiger partial charge < -0.3 is 5.43 Å². The Morgan fingerprint density at radius 1 is 1.58 bits per heavy atom. The summed E-state index contributed by atoms with van der Waals surface area (Å²) in [6.07, 6.45) is 3.19. The highest BCUT2D eigenvalue weighted by molar-refractivity contribution is 7.98. The van der Waals surface area contributed by atoms with Crippen LogP contribution in [0.2, 0.25) is 5.02 Å². The van der Waals surface area contributed by atoms with E-state index in [1.165, 1.54) is 12.3 Å². The van der Waals surface area contributed by atoms with Gasteiger partial charge in [-0.15, -0.1) is 0 Å². The van der Waals surface area contributed by atoms with Crippen LogP contribution in [0.1, 0.15) is 6.92 Å². The molecular weight excluding hydrogens is 308 g/mol. The van der Waals surface area contributed by atoms with Gasteiger partial charge in [-0.2, -0.15) is 11.8 Å². The van der Waals surface area contributed by atoms with Crippen LogP contribution in [0.25, 0.3) is 0 Å². The Labute approximate surface area is 122 Å². The van der Waals surface area contributed by atoms with Crippen molar-refractivity contribution in [3.8, 4) is 0 Å². The summed E-state index contributed by atoms with van der Waals surface area (Å²) in [6.45, 7) is 2.35. The van der Waals surface area contributed by atoms with Gasteiger partial charge in [0.25, 0.3) is 0 Å². The van der Waals surface area contributed by atoms with E-state index in [1.54, 1.807) is 11.8 Å². The minimum absolute atomic E-state index is 0.0212. The molecule has 1 unspecified atom stereocenters. The molecule has 1 heterocycles. The Balaban J connectivity index is 2.80. The van der Waals surface area contributed by atoms with Gasteiger partial charge in [0.1, 0.15) is 4.90 Å². The topological polar surface area (TPSA) is 97.1 Å². The summed E-state index contributed by atoms with van der Waals surface area (Å²) in [4.78, 5) is 3.86. The van der Waals surface area contributed by atoms with Crippen molar-refractivity contribution in [2.45, 2.75) is 11.8 Å². The van der Waals surface area contributed by atoms with Crippen LogP contribution in [0.15, 0.2) is 17.2 Å². The Hall–Kier alpha value is -0.540. The molecule has 19 heavy (non-hydrogen) atoms. The Morgan fingerprint density at radius 2 is 2.26 bits per heavy atom. The highest BCUT2D eigenvalue weighted by atomic mass is 35.5. The molecular formula is C10H17ClN4O2S2. The summed E-state index contributed by atoms with van der Waals surface area (Å²) in [5.74, 6) is 6.54. The van der Waals surface area contributed by atoms with Crippen molar-refractivity contribution in [1.29, 1.82) is 0 Å². The minimum Gasteiger partial charge on any atom is -0.307 e. The predicted octanol–water partition coefficient (Wildman–Crippen LogP) is 1.30. The van der Waals surface area contributed by atoms with Crippen molar-refractivity contribution in [2.24, 2.45) is 11.8 Å². The molecule has 0 fully saturated rings. The Bertz CT molecular complexity index is 524. The lowest BCUT2D eigenvalue weighted by Crippen LogP contribution is -2.29. The first-order chi connectivity index (χ1) is 8.90. The highest BCUT2D eigenvalue weighted by Gasteiger charge is 2.17. The van der Waals surface area contributed by atoms with E-state index >= 15 is 0 Å². The number of halogens is 1. The first kappa shape index (κ1) is 16.5. The average Bonchev–Trinajstić information content (AvgIpc) is 2.37. The van der Waals surface area contributed by atoms with E-state index in [1.807, 2.05) is 13.2 Å².